The summed E-state index contributed by atoms with van der Waals surface area (Å²) in [5.74, 6) is 0.0927. The first-order chi connectivity index (χ1) is 14.3. The normalized spacial score (nSPS) is 22.9. The van der Waals surface area contributed by atoms with Gasteiger partial charge in [0.15, 0.2) is 5.43 Å². The van der Waals surface area contributed by atoms with Crippen molar-refractivity contribution in [3.63, 3.8) is 0 Å². The number of aromatic amines is 1. The zero-order valence-electron chi connectivity index (χ0n) is 17.9. The van der Waals surface area contributed by atoms with Crippen LogP contribution < -0.4 is 5.43 Å². The Kier molecular flexibility index (Phi) is 5.13. The fourth-order valence-corrected chi connectivity index (χ4v) is 4.89. The van der Waals surface area contributed by atoms with Gasteiger partial charge >= 0.3 is 6.03 Å². The standard InChI is InChI=1S/C23H28N4O3/c1-14-7-5-6-8-17(14)21-19-13-26(11-16(19)12-27(21)23(30)25(3)4)22(29)18-10-24-15(2)9-20(18)28/h5-10,16,19,21H,11-13H2,1-4H3,(H,24,28)/t16-,19-,21+/m1/s1. The van der Waals surface area contributed by atoms with Crippen molar-refractivity contribution in [2.24, 2.45) is 11.8 Å². The van der Waals surface area contributed by atoms with Crippen LogP contribution in [0, 0.1) is 25.7 Å². The number of rotatable bonds is 2. The summed E-state index contributed by atoms with van der Waals surface area (Å²) in [6.07, 6.45) is 1.51. The van der Waals surface area contributed by atoms with Crippen LogP contribution >= 0.6 is 0 Å². The van der Waals surface area contributed by atoms with E-state index in [2.05, 4.69) is 24.0 Å². The molecule has 4 rings (SSSR count). The first-order valence-corrected chi connectivity index (χ1v) is 10.3. The van der Waals surface area contributed by atoms with E-state index < -0.39 is 0 Å². The molecule has 2 aromatic rings. The van der Waals surface area contributed by atoms with Gasteiger partial charge in [-0.05, 0) is 25.0 Å². The summed E-state index contributed by atoms with van der Waals surface area (Å²) in [7, 11) is 3.54. The molecular formula is C23H28N4O3. The zero-order chi connectivity index (χ0) is 21.6. The Balaban J connectivity index is 1.64. The van der Waals surface area contributed by atoms with E-state index in [1.807, 2.05) is 17.0 Å². The molecule has 2 aliphatic heterocycles. The van der Waals surface area contributed by atoms with E-state index in [4.69, 9.17) is 0 Å². The number of benzene rings is 1. The number of urea groups is 1. The molecule has 2 fully saturated rings. The van der Waals surface area contributed by atoms with Gasteiger partial charge in [0.1, 0.15) is 5.56 Å². The van der Waals surface area contributed by atoms with Gasteiger partial charge in [0, 0.05) is 63.5 Å². The van der Waals surface area contributed by atoms with E-state index in [0.29, 0.717) is 19.6 Å². The van der Waals surface area contributed by atoms with E-state index >= 15 is 0 Å². The van der Waals surface area contributed by atoms with Crippen molar-refractivity contribution in [2.75, 3.05) is 33.7 Å². The fourth-order valence-electron chi connectivity index (χ4n) is 4.89. The lowest BCUT2D eigenvalue weighted by atomic mass is 9.88. The van der Waals surface area contributed by atoms with Gasteiger partial charge in [0.05, 0.1) is 6.04 Å². The highest BCUT2D eigenvalue weighted by Gasteiger charge is 2.50. The summed E-state index contributed by atoms with van der Waals surface area (Å²) in [5.41, 5.74) is 2.91. The van der Waals surface area contributed by atoms with Crippen LogP contribution in [0.3, 0.4) is 0 Å². The van der Waals surface area contributed by atoms with E-state index in [9.17, 15) is 14.4 Å². The van der Waals surface area contributed by atoms with Crippen LogP contribution in [0.25, 0.3) is 0 Å². The minimum absolute atomic E-state index is 0.00879. The maximum absolute atomic E-state index is 13.1. The van der Waals surface area contributed by atoms with Gasteiger partial charge in [-0.3, -0.25) is 9.59 Å². The van der Waals surface area contributed by atoms with Crippen LogP contribution in [-0.4, -0.2) is 65.4 Å². The number of aromatic nitrogens is 1. The van der Waals surface area contributed by atoms with Crippen molar-refractivity contribution < 1.29 is 9.59 Å². The Morgan fingerprint density at radius 1 is 1.10 bits per heavy atom. The zero-order valence-corrected chi connectivity index (χ0v) is 17.9. The molecule has 7 heteroatoms. The number of hydrogen-bond donors (Lipinski definition) is 1. The number of H-pyrrole nitrogens is 1. The van der Waals surface area contributed by atoms with Crippen LogP contribution in [0.15, 0.2) is 41.3 Å². The summed E-state index contributed by atoms with van der Waals surface area (Å²) in [5, 5.41) is 0. The molecule has 3 heterocycles. The summed E-state index contributed by atoms with van der Waals surface area (Å²) in [6, 6.07) is 9.50. The van der Waals surface area contributed by atoms with Crippen LogP contribution in [0.4, 0.5) is 4.79 Å². The largest absolute Gasteiger partial charge is 0.364 e. The van der Waals surface area contributed by atoms with Gasteiger partial charge in [-0.2, -0.15) is 0 Å². The summed E-state index contributed by atoms with van der Waals surface area (Å²) in [6.45, 7) is 5.54. The highest BCUT2D eigenvalue weighted by molar-refractivity contribution is 5.94. The molecule has 2 aliphatic rings. The topological polar surface area (TPSA) is 76.7 Å². The van der Waals surface area contributed by atoms with Crippen LogP contribution in [0.2, 0.25) is 0 Å². The molecule has 2 saturated heterocycles. The first-order valence-electron chi connectivity index (χ1n) is 10.3. The number of aryl methyl sites for hydroxylation is 2. The minimum atomic E-state index is -0.256. The molecule has 0 bridgehead atoms. The Morgan fingerprint density at radius 3 is 2.50 bits per heavy atom. The average molecular weight is 409 g/mol. The van der Waals surface area contributed by atoms with E-state index in [1.165, 1.54) is 12.3 Å². The number of pyridine rings is 1. The molecule has 1 aromatic heterocycles. The molecule has 1 aromatic carbocycles. The number of hydrogen-bond acceptors (Lipinski definition) is 3. The van der Waals surface area contributed by atoms with Crippen molar-refractivity contribution >= 4 is 11.9 Å². The molecule has 0 aliphatic carbocycles. The van der Waals surface area contributed by atoms with Gasteiger partial charge < -0.3 is 19.7 Å². The quantitative estimate of drug-likeness (QED) is 0.829. The van der Waals surface area contributed by atoms with Gasteiger partial charge in [-0.15, -0.1) is 0 Å². The summed E-state index contributed by atoms with van der Waals surface area (Å²) < 4.78 is 0. The molecule has 30 heavy (non-hydrogen) atoms. The average Bonchev–Trinajstić information content (AvgIpc) is 3.25. The Labute approximate surface area is 176 Å². The second-order valence-corrected chi connectivity index (χ2v) is 8.66. The van der Waals surface area contributed by atoms with Crippen molar-refractivity contribution in [1.82, 2.24) is 19.7 Å². The fraction of sp³-hybridized carbons (Fsp3) is 0.435. The number of nitrogens with one attached hydrogen (secondary N) is 1. The van der Waals surface area contributed by atoms with Crippen molar-refractivity contribution in [2.45, 2.75) is 19.9 Å². The van der Waals surface area contributed by atoms with Gasteiger partial charge in [0.25, 0.3) is 5.91 Å². The second-order valence-electron chi connectivity index (χ2n) is 8.66. The maximum Gasteiger partial charge on any atom is 0.320 e. The molecule has 0 spiro atoms. The monoisotopic (exact) mass is 408 g/mol. The summed E-state index contributed by atoms with van der Waals surface area (Å²) >= 11 is 0. The Bertz CT molecular complexity index is 1040. The molecule has 0 radical (unpaired) electrons. The molecule has 3 atom stereocenters. The number of carbonyl (C=O) groups excluding carboxylic acids is 2. The van der Waals surface area contributed by atoms with E-state index in [1.54, 1.807) is 30.8 Å². The van der Waals surface area contributed by atoms with Crippen molar-refractivity contribution in [3.8, 4) is 0 Å². The van der Waals surface area contributed by atoms with Gasteiger partial charge in [-0.1, -0.05) is 24.3 Å². The molecule has 1 N–H and O–H groups in total. The summed E-state index contributed by atoms with van der Waals surface area (Å²) in [4.78, 5) is 46.6. The van der Waals surface area contributed by atoms with Crippen molar-refractivity contribution in [1.29, 1.82) is 0 Å². The lowest BCUT2D eigenvalue weighted by Crippen LogP contribution is -2.42. The molecular weight excluding hydrogens is 380 g/mol. The van der Waals surface area contributed by atoms with Crippen LogP contribution in [0.5, 0.6) is 0 Å². The number of nitrogens with zero attached hydrogens (tertiary/aromatic N) is 3. The number of amides is 3. The SMILES string of the molecule is Cc1cc(=O)c(C(=O)N2C[C@@H]3CN(C(=O)N(C)C)[C@@H](c4ccccc4C)[C@@H]3C2)c[nH]1. The van der Waals surface area contributed by atoms with Gasteiger partial charge in [-0.25, -0.2) is 4.79 Å². The lowest BCUT2D eigenvalue weighted by molar-refractivity contribution is 0.0765. The van der Waals surface area contributed by atoms with Crippen molar-refractivity contribution in [3.05, 3.63) is 69.1 Å². The molecule has 0 saturated carbocycles. The minimum Gasteiger partial charge on any atom is -0.364 e. The molecule has 3 amide bonds. The number of fused-ring (bicyclic) bond motifs is 1. The third-order valence-electron chi connectivity index (χ3n) is 6.37. The van der Waals surface area contributed by atoms with Crippen LogP contribution in [-0.2, 0) is 0 Å². The molecule has 7 nitrogen and oxygen atoms in total. The van der Waals surface area contributed by atoms with E-state index in [0.717, 1.165) is 16.8 Å². The predicted octanol–water partition coefficient (Wildman–Crippen LogP) is 2.42. The predicted molar refractivity (Wildman–Crippen MR) is 114 cm³/mol. The first kappa shape index (κ1) is 20.2. The Morgan fingerprint density at radius 2 is 1.83 bits per heavy atom. The highest BCUT2D eigenvalue weighted by Crippen LogP contribution is 2.46. The number of likely N-dealkylation sites (tertiary alicyclic amines) is 2. The third-order valence-corrected chi connectivity index (χ3v) is 6.37. The molecule has 158 valence electrons. The maximum atomic E-state index is 13.1. The van der Waals surface area contributed by atoms with E-state index in [-0.39, 0.29) is 40.8 Å². The third kappa shape index (κ3) is 3.38. The second kappa shape index (κ2) is 7.63. The highest BCUT2D eigenvalue weighted by atomic mass is 16.2. The lowest BCUT2D eigenvalue weighted by Gasteiger charge is -2.32. The smallest absolute Gasteiger partial charge is 0.320 e. The van der Waals surface area contributed by atoms with Crippen LogP contribution in [0.1, 0.15) is 33.2 Å². The number of carbonyl (C=O) groups is 2. The Hall–Kier alpha value is -3.09. The molecule has 0 unspecified atom stereocenters. The van der Waals surface area contributed by atoms with Gasteiger partial charge in [0.2, 0.25) is 0 Å².